The number of benzene rings is 2. The van der Waals surface area contributed by atoms with Gasteiger partial charge in [-0.05, 0) is 70.4 Å². The quantitative estimate of drug-likeness (QED) is 0.214. The maximum Gasteiger partial charge on any atom is 0.250 e. The number of methoxy groups -OCH3 is 1. The summed E-state index contributed by atoms with van der Waals surface area (Å²) < 4.78 is 8.15. The molecule has 0 amide bonds. The van der Waals surface area contributed by atoms with Crippen LogP contribution < -0.4 is 4.74 Å². The monoisotopic (exact) mass is 527 g/mol. The Hall–Kier alpha value is -4.17. The summed E-state index contributed by atoms with van der Waals surface area (Å²) in [6.45, 7) is 2.03. The van der Waals surface area contributed by atoms with Crippen molar-refractivity contribution in [3.05, 3.63) is 120 Å². The van der Waals surface area contributed by atoms with Crippen LogP contribution in [0.15, 0.2) is 102 Å². The number of pyridine rings is 1. The summed E-state index contributed by atoms with van der Waals surface area (Å²) >= 11 is 3.25. The van der Waals surface area contributed by atoms with E-state index in [1.807, 2.05) is 67.6 Å². The summed E-state index contributed by atoms with van der Waals surface area (Å²) in [5, 5.41) is 0. The van der Waals surface area contributed by atoms with Crippen LogP contribution in [0.1, 0.15) is 21.9 Å². The number of ketones is 1. The number of aryl methyl sites for hydroxylation is 1. The molecule has 2 aromatic carbocycles. The lowest BCUT2D eigenvalue weighted by Crippen LogP contribution is -2.06. The summed E-state index contributed by atoms with van der Waals surface area (Å²) in [4.78, 5) is 28.6. The fourth-order valence-corrected chi connectivity index (χ4v) is 3.81. The molecule has 0 N–H and O–H groups in total. The predicted molar refractivity (Wildman–Crippen MR) is 138 cm³/mol. The van der Waals surface area contributed by atoms with Crippen LogP contribution in [0, 0.1) is 6.92 Å². The lowest BCUT2D eigenvalue weighted by atomic mass is 10.0. The topological polar surface area (TPSA) is 82.8 Å². The Morgan fingerprint density at radius 2 is 1.69 bits per heavy atom. The van der Waals surface area contributed by atoms with Crippen LogP contribution >= 0.6 is 15.9 Å². The van der Waals surface area contributed by atoms with E-state index in [1.54, 1.807) is 36.5 Å². The van der Waals surface area contributed by atoms with E-state index in [4.69, 9.17) is 4.74 Å². The van der Waals surface area contributed by atoms with Crippen LogP contribution in [-0.4, -0.2) is 37.4 Å². The van der Waals surface area contributed by atoms with Gasteiger partial charge in [-0.1, -0.05) is 30.3 Å². The molecule has 0 radical (unpaired) electrons. The van der Waals surface area contributed by atoms with E-state index in [0.29, 0.717) is 5.69 Å². The van der Waals surface area contributed by atoms with Gasteiger partial charge in [-0.3, -0.25) is 4.79 Å². The number of nitrogens with zero attached hydrogens (tertiary/aromatic N) is 5. The average Bonchev–Trinajstić information content (AvgIpc) is 3.39. The molecule has 0 unspecified atom stereocenters. The minimum absolute atomic E-state index is 0.130. The first-order valence-electron chi connectivity index (χ1n) is 10.7. The summed E-state index contributed by atoms with van der Waals surface area (Å²) in [7, 11) is 1.65. The van der Waals surface area contributed by atoms with Crippen LogP contribution in [0.25, 0.3) is 16.8 Å². The summed E-state index contributed by atoms with van der Waals surface area (Å²) in [5.74, 6) is 0.623. The minimum atomic E-state index is -0.310. The van der Waals surface area contributed by atoms with Gasteiger partial charge in [0.15, 0.2) is 0 Å². The smallest absolute Gasteiger partial charge is 0.250 e. The molecule has 3 aromatic heterocycles. The second-order valence-electron chi connectivity index (χ2n) is 7.47. The number of halogens is 1. The number of aromatic nitrogens is 5. The number of hydrogen-bond acceptors (Lipinski definition) is 6. The molecule has 0 saturated carbocycles. The average molecular weight is 528 g/mol. The third-order valence-electron chi connectivity index (χ3n) is 5.03. The number of ether oxygens (including phenoxy) is 1. The van der Waals surface area contributed by atoms with Gasteiger partial charge in [0.05, 0.1) is 7.11 Å². The minimum Gasteiger partial charge on any atom is -0.496 e. The van der Waals surface area contributed by atoms with E-state index in [9.17, 15) is 4.79 Å². The van der Waals surface area contributed by atoms with E-state index in [1.165, 1.54) is 18.0 Å². The number of carbonyl (C=O) groups is 1. The highest BCUT2D eigenvalue weighted by atomic mass is 79.9. The Morgan fingerprint density at radius 3 is 2.40 bits per heavy atom. The fraction of sp³-hybridized carbons (Fsp3) is 0.0741. The fourth-order valence-electron chi connectivity index (χ4n) is 3.33. The van der Waals surface area contributed by atoms with Gasteiger partial charge >= 0.3 is 0 Å². The molecular weight excluding hydrogens is 506 g/mol. The van der Waals surface area contributed by atoms with Gasteiger partial charge in [0.1, 0.15) is 22.4 Å². The van der Waals surface area contributed by atoms with E-state index in [0.717, 1.165) is 27.2 Å². The second-order valence-corrected chi connectivity index (χ2v) is 8.29. The standard InChI is InChI=1S/C21H16N4O2.C6H6BrN/c1-27-19-9-3-2-8-17(19)15-6-4-7-16(12-15)25-13-18(24-14-25)20(26)21-22-10-5-11-23-21;1-5-2-3-8-6(7)4-5/h2-14H,1H3;2-4H,1H3. The summed E-state index contributed by atoms with van der Waals surface area (Å²) in [5.41, 5.74) is 4.42. The Morgan fingerprint density at radius 1 is 0.886 bits per heavy atom. The molecule has 8 heteroatoms. The van der Waals surface area contributed by atoms with E-state index >= 15 is 0 Å². The molecule has 0 spiro atoms. The van der Waals surface area contributed by atoms with Crippen molar-refractivity contribution in [3.63, 3.8) is 0 Å². The van der Waals surface area contributed by atoms with E-state index in [-0.39, 0.29) is 11.6 Å². The van der Waals surface area contributed by atoms with Crippen molar-refractivity contribution in [2.75, 3.05) is 7.11 Å². The Kier molecular flexibility index (Phi) is 7.74. The van der Waals surface area contributed by atoms with Crippen LogP contribution in [0.4, 0.5) is 0 Å². The highest BCUT2D eigenvalue weighted by Gasteiger charge is 2.15. The molecule has 0 fully saturated rings. The second kappa shape index (κ2) is 11.3. The number of carbonyl (C=O) groups excluding carboxylic acids is 1. The van der Waals surface area contributed by atoms with Gasteiger partial charge in [0.2, 0.25) is 11.6 Å². The lowest BCUT2D eigenvalue weighted by molar-refractivity contribution is 0.102. The maximum absolute atomic E-state index is 12.4. The van der Waals surface area contributed by atoms with Gasteiger partial charge in [0, 0.05) is 36.0 Å². The molecule has 35 heavy (non-hydrogen) atoms. The first kappa shape index (κ1) is 24.0. The van der Waals surface area contributed by atoms with Gasteiger partial charge < -0.3 is 9.30 Å². The first-order valence-corrected chi connectivity index (χ1v) is 11.5. The van der Waals surface area contributed by atoms with Gasteiger partial charge in [-0.25, -0.2) is 19.9 Å². The van der Waals surface area contributed by atoms with Crippen LogP contribution in [-0.2, 0) is 0 Å². The molecule has 0 bridgehead atoms. The summed E-state index contributed by atoms with van der Waals surface area (Å²) in [6, 6.07) is 21.4. The van der Waals surface area contributed by atoms with Crippen LogP contribution in [0.3, 0.4) is 0 Å². The van der Waals surface area contributed by atoms with Crippen molar-refractivity contribution < 1.29 is 9.53 Å². The predicted octanol–water partition coefficient (Wildman–Crippen LogP) is 5.72. The molecule has 174 valence electrons. The van der Waals surface area contributed by atoms with E-state index in [2.05, 4.69) is 35.9 Å². The van der Waals surface area contributed by atoms with Crippen molar-refractivity contribution in [2.24, 2.45) is 0 Å². The Bertz CT molecular complexity index is 1420. The van der Waals surface area contributed by atoms with Crippen molar-refractivity contribution in [2.45, 2.75) is 6.92 Å². The zero-order valence-corrected chi connectivity index (χ0v) is 20.8. The highest BCUT2D eigenvalue weighted by molar-refractivity contribution is 9.10. The zero-order valence-electron chi connectivity index (χ0n) is 19.2. The lowest BCUT2D eigenvalue weighted by Gasteiger charge is -2.10. The molecule has 7 nitrogen and oxygen atoms in total. The van der Waals surface area contributed by atoms with Gasteiger partial charge in [-0.2, -0.15) is 0 Å². The normalized spacial score (nSPS) is 10.3. The van der Waals surface area contributed by atoms with Crippen molar-refractivity contribution in [1.29, 1.82) is 0 Å². The SMILES string of the molecule is COc1ccccc1-c1cccc(-n2cnc(C(=O)c3ncccn3)c2)c1.Cc1ccnc(Br)c1. The molecule has 0 aliphatic carbocycles. The molecule has 5 aromatic rings. The Labute approximate surface area is 211 Å². The van der Waals surface area contributed by atoms with Gasteiger partial charge in [0.25, 0.3) is 0 Å². The molecule has 0 atom stereocenters. The van der Waals surface area contributed by atoms with Crippen molar-refractivity contribution >= 4 is 21.7 Å². The first-order chi connectivity index (χ1) is 17.0. The number of rotatable bonds is 5. The van der Waals surface area contributed by atoms with Crippen molar-refractivity contribution in [1.82, 2.24) is 24.5 Å². The third kappa shape index (κ3) is 6.04. The largest absolute Gasteiger partial charge is 0.496 e. The van der Waals surface area contributed by atoms with Crippen LogP contribution in [0.5, 0.6) is 5.75 Å². The number of hydrogen-bond donors (Lipinski definition) is 0. The Balaban J connectivity index is 0.000000308. The van der Waals surface area contributed by atoms with Crippen molar-refractivity contribution in [3.8, 4) is 22.6 Å². The number of imidazole rings is 1. The highest BCUT2D eigenvalue weighted by Crippen LogP contribution is 2.30. The molecule has 0 aliphatic heterocycles. The van der Waals surface area contributed by atoms with Gasteiger partial charge in [-0.15, -0.1) is 0 Å². The number of para-hydroxylation sites is 1. The molecular formula is C27H22BrN5O2. The molecule has 3 heterocycles. The van der Waals surface area contributed by atoms with E-state index < -0.39 is 0 Å². The maximum atomic E-state index is 12.4. The van der Waals surface area contributed by atoms with Crippen LogP contribution in [0.2, 0.25) is 0 Å². The summed E-state index contributed by atoms with van der Waals surface area (Å²) in [6.07, 6.45) is 8.14. The zero-order chi connectivity index (χ0) is 24.6. The molecule has 5 rings (SSSR count). The molecule has 0 saturated heterocycles. The third-order valence-corrected chi connectivity index (χ3v) is 5.46. The molecule has 0 aliphatic rings.